The second kappa shape index (κ2) is 4.84. The van der Waals surface area contributed by atoms with E-state index in [9.17, 15) is 4.79 Å². The zero-order valence-electron chi connectivity index (χ0n) is 10.9. The van der Waals surface area contributed by atoms with Crippen LogP contribution in [0.3, 0.4) is 0 Å². The van der Waals surface area contributed by atoms with Gasteiger partial charge in [0.25, 0.3) is 5.91 Å². The van der Waals surface area contributed by atoms with Crippen molar-refractivity contribution < 1.29 is 4.79 Å². The molecule has 1 aliphatic heterocycles. The van der Waals surface area contributed by atoms with Gasteiger partial charge >= 0.3 is 0 Å². The molecule has 1 saturated heterocycles. The minimum atomic E-state index is 0.0957. The maximum absolute atomic E-state index is 12.4. The quantitative estimate of drug-likeness (QED) is 0.821. The molecule has 0 aliphatic carbocycles. The minimum Gasteiger partial charge on any atom is -0.336 e. The molecule has 1 aromatic carbocycles. The van der Waals surface area contributed by atoms with Gasteiger partial charge in [0, 0.05) is 18.7 Å². The molecule has 2 heterocycles. The first-order valence-corrected chi connectivity index (χ1v) is 6.46. The first-order valence-electron chi connectivity index (χ1n) is 6.46. The van der Waals surface area contributed by atoms with Crippen LogP contribution in [-0.2, 0) is 0 Å². The Morgan fingerprint density at radius 3 is 2.84 bits per heavy atom. The summed E-state index contributed by atoms with van der Waals surface area (Å²) in [4.78, 5) is 16.0. The third-order valence-electron chi connectivity index (χ3n) is 3.48. The van der Waals surface area contributed by atoms with E-state index >= 15 is 0 Å². The van der Waals surface area contributed by atoms with Crippen molar-refractivity contribution in [2.75, 3.05) is 13.1 Å². The monoisotopic (exact) mass is 256 g/mol. The lowest BCUT2D eigenvalue weighted by molar-refractivity contribution is 0.0786. The van der Waals surface area contributed by atoms with Gasteiger partial charge in [0.2, 0.25) is 0 Å². The van der Waals surface area contributed by atoms with E-state index in [2.05, 4.69) is 10.2 Å². The van der Waals surface area contributed by atoms with Gasteiger partial charge in [0.05, 0.1) is 18.4 Å². The highest BCUT2D eigenvalue weighted by Crippen LogP contribution is 2.21. The molecule has 0 spiro atoms. The second-order valence-corrected chi connectivity index (χ2v) is 4.91. The first-order chi connectivity index (χ1) is 9.24. The molecular weight excluding hydrogens is 240 g/mol. The molecule has 19 heavy (non-hydrogen) atoms. The Morgan fingerprint density at radius 2 is 2.11 bits per heavy atom. The molecule has 1 fully saturated rings. The predicted molar refractivity (Wildman–Crippen MR) is 70.8 cm³/mol. The number of carbonyl (C=O) groups excluding carboxylic acids is 1. The Labute approximate surface area is 111 Å². The van der Waals surface area contributed by atoms with Crippen LogP contribution in [0.4, 0.5) is 0 Å². The van der Waals surface area contributed by atoms with Crippen LogP contribution in [0.15, 0.2) is 36.7 Å². The zero-order valence-corrected chi connectivity index (χ0v) is 10.9. The van der Waals surface area contributed by atoms with Crippen molar-refractivity contribution in [1.29, 1.82) is 0 Å². The van der Waals surface area contributed by atoms with Crippen molar-refractivity contribution in [3.8, 4) is 0 Å². The number of rotatable bonds is 2. The Morgan fingerprint density at radius 1 is 1.32 bits per heavy atom. The van der Waals surface area contributed by atoms with Crippen molar-refractivity contribution in [3.63, 3.8) is 0 Å². The van der Waals surface area contributed by atoms with Gasteiger partial charge in [0.15, 0.2) is 0 Å². The van der Waals surface area contributed by atoms with Crippen LogP contribution in [0.25, 0.3) is 0 Å². The number of amides is 1. The number of aromatic nitrogens is 3. The van der Waals surface area contributed by atoms with Crippen LogP contribution in [0.5, 0.6) is 0 Å². The molecule has 0 N–H and O–H groups in total. The summed E-state index contributed by atoms with van der Waals surface area (Å²) in [5.74, 6) is 0.0957. The summed E-state index contributed by atoms with van der Waals surface area (Å²) in [5.41, 5.74) is 1.87. The molecule has 1 atom stereocenters. The fraction of sp³-hybridized carbons (Fsp3) is 0.357. The van der Waals surface area contributed by atoms with Crippen molar-refractivity contribution >= 4 is 5.91 Å². The largest absolute Gasteiger partial charge is 0.336 e. The molecule has 5 nitrogen and oxygen atoms in total. The normalized spacial score (nSPS) is 18.8. The van der Waals surface area contributed by atoms with Crippen LogP contribution in [0.2, 0.25) is 0 Å². The molecule has 1 aliphatic rings. The highest BCUT2D eigenvalue weighted by Gasteiger charge is 2.28. The summed E-state index contributed by atoms with van der Waals surface area (Å²) in [6, 6.07) is 7.92. The lowest BCUT2D eigenvalue weighted by atomic mass is 10.1. The molecular formula is C14H16N4O. The number of carbonyl (C=O) groups is 1. The summed E-state index contributed by atoms with van der Waals surface area (Å²) >= 11 is 0. The molecule has 1 aromatic heterocycles. The van der Waals surface area contributed by atoms with Gasteiger partial charge in [-0.1, -0.05) is 17.7 Å². The summed E-state index contributed by atoms with van der Waals surface area (Å²) in [7, 11) is 0. The first kappa shape index (κ1) is 11.9. The molecule has 3 rings (SSSR count). The number of likely N-dealkylation sites (tertiary alicyclic amines) is 1. The van der Waals surface area contributed by atoms with E-state index in [0.717, 1.165) is 24.1 Å². The highest BCUT2D eigenvalue weighted by atomic mass is 16.2. The molecule has 2 aromatic rings. The molecule has 0 saturated carbocycles. The van der Waals surface area contributed by atoms with Crippen LogP contribution in [0, 0.1) is 6.92 Å². The summed E-state index contributed by atoms with van der Waals surface area (Å²) in [6.07, 6.45) is 4.25. The van der Waals surface area contributed by atoms with Crippen LogP contribution < -0.4 is 0 Å². The Bertz CT molecular complexity index is 579. The van der Waals surface area contributed by atoms with Crippen LogP contribution >= 0.6 is 0 Å². The summed E-state index contributed by atoms with van der Waals surface area (Å²) < 4.78 is 0. The number of aryl methyl sites for hydroxylation is 1. The third kappa shape index (κ3) is 2.36. The molecule has 5 heteroatoms. The summed E-state index contributed by atoms with van der Waals surface area (Å²) in [5, 5.41) is 8.29. The van der Waals surface area contributed by atoms with Gasteiger partial charge in [-0.2, -0.15) is 15.0 Å². The van der Waals surface area contributed by atoms with E-state index in [1.807, 2.05) is 36.1 Å². The standard InChI is InChI=1S/C14H16N4O/c1-11-3-2-4-12(9-11)14(19)17-8-5-13(10-17)18-15-6-7-16-18/h2-4,6-7,9,13H,5,8,10H2,1H3. The van der Waals surface area contributed by atoms with Crippen LogP contribution in [-0.4, -0.2) is 38.9 Å². The van der Waals surface area contributed by atoms with Crippen LogP contribution in [0.1, 0.15) is 28.4 Å². The molecule has 0 bridgehead atoms. The maximum atomic E-state index is 12.4. The van der Waals surface area contributed by atoms with Gasteiger partial charge in [-0.05, 0) is 25.5 Å². The topological polar surface area (TPSA) is 51.0 Å². The Hall–Kier alpha value is -2.17. The lowest BCUT2D eigenvalue weighted by Gasteiger charge is -2.16. The zero-order chi connectivity index (χ0) is 13.2. The maximum Gasteiger partial charge on any atom is 0.253 e. The van der Waals surface area contributed by atoms with Gasteiger partial charge in [0.1, 0.15) is 0 Å². The molecule has 1 unspecified atom stereocenters. The van der Waals surface area contributed by atoms with Crippen molar-refractivity contribution in [2.24, 2.45) is 0 Å². The van der Waals surface area contributed by atoms with E-state index in [1.54, 1.807) is 17.2 Å². The van der Waals surface area contributed by atoms with Gasteiger partial charge in [-0.3, -0.25) is 4.79 Å². The summed E-state index contributed by atoms with van der Waals surface area (Å²) in [6.45, 7) is 3.44. The van der Waals surface area contributed by atoms with E-state index < -0.39 is 0 Å². The van der Waals surface area contributed by atoms with Gasteiger partial charge < -0.3 is 4.90 Å². The molecule has 98 valence electrons. The molecule has 0 radical (unpaired) electrons. The number of hydrogen-bond acceptors (Lipinski definition) is 3. The van der Waals surface area contributed by atoms with Crippen molar-refractivity contribution in [3.05, 3.63) is 47.8 Å². The smallest absolute Gasteiger partial charge is 0.253 e. The highest BCUT2D eigenvalue weighted by molar-refractivity contribution is 5.94. The van der Waals surface area contributed by atoms with E-state index in [0.29, 0.717) is 6.54 Å². The predicted octanol–water partition coefficient (Wildman–Crippen LogP) is 1.67. The average Bonchev–Trinajstić information content (AvgIpc) is 3.08. The second-order valence-electron chi connectivity index (χ2n) is 4.91. The Kier molecular flexibility index (Phi) is 3.03. The molecule has 1 amide bonds. The van der Waals surface area contributed by atoms with Gasteiger partial charge in [-0.25, -0.2) is 0 Å². The number of benzene rings is 1. The third-order valence-corrected chi connectivity index (χ3v) is 3.48. The number of nitrogens with zero attached hydrogens (tertiary/aromatic N) is 4. The fourth-order valence-corrected chi connectivity index (χ4v) is 2.49. The SMILES string of the molecule is Cc1cccc(C(=O)N2CCC(n3nccn3)C2)c1. The van der Waals surface area contributed by atoms with Gasteiger partial charge in [-0.15, -0.1) is 0 Å². The van der Waals surface area contributed by atoms with Crippen molar-refractivity contribution in [1.82, 2.24) is 19.9 Å². The average molecular weight is 256 g/mol. The Balaban J connectivity index is 1.73. The minimum absolute atomic E-state index is 0.0957. The van der Waals surface area contributed by atoms with Crippen molar-refractivity contribution in [2.45, 2.75) is 19.4 Å². The number of hydrogen-bond donors (Lipinski definition) is 0. The van der Waals surface area contributed by atoms with E-state index in [-0.39, 0.29) is 11.9 Å². The lowest BCUT2D eigenvalue weighted by Crippen LogP contribution is -2.29. The van der Waals surface area contributed by atoms with E-state index in [1.165, 1.54) is 0 Å². The fourth-order valence-electron chi connectivity index (χ4n) is 2.49. The van der Waals surface area contributed by atoms with E-state index in [4.69, 9.17) is 0 Å².